The molecule has 0 heterocycles. The number of benzene rings is 1. The highest BCUT2D eigenvalue weighted by Crippen LogP contribution is 2.50. The normalized spacial score (nSPS) is 15.4. The van der Waals surface area contributed by atoms with Crippen LogP contribution in [0.1, 0.15) is 15.9 Å². The van der Waals surface area contributed by atoms with Crippen LogP contribution in [0.2, 0.25) is 0 Å². The molecule has 1 aromatic rings. The van der Waals surface area contributed by atoms with E-state index in [1.165, 1.54) is 0 Å². The summed E-state index contributed by atoms with van der Waals surface area (Å²) >= 11 is 0. The summed E-state index contributed by atoms with van der Waals surface area (Å²) in [6.07, 6.45) is -14.1. The van der Waals surface area contributed by atoms with Gasteiger partial charge in [0.1, 0.15) is 0 Å². The van der Waals surface area contributed by atoms with Gasteiger partial charge in [-0.05, 0) is 0 Å². The molecule has 1 aliphatic rings. The molecule has 0 aromatic heterocycles. The van der Waals surface area contributed by atoms with Gasteiger partial charge in [-0.3, -0.25) is 9.59 Å². The number of ketones is 2. The fourth-order valence-corrected chi connectivity index (χ4v) is 2.21. The second kappa shape index (κ2) is 5.66. The molecule has 27 heavy (non-hydrogen) atoms. The van der Waals surface area contributed by atoms with Crippen LogP contribution in [0.3, 0.4) is 0 Å². The van der Waals surface area contributed by atoms with Crippen molar-refractivity contribution >= 4 is 17.3 Å². The number of rotatable bonds is 2. The average molecular weight is 413 g/mol. The summed E-state index contributed by atoms with van der Waals surface area (Å²) in [5.41, 5.74) is -13.9. The lowest BCUT2D eigenvalue weighted by Crippen LogP contribution is -2.59. The molecule has 0 spiro atoms. The maximum Gasteiger partial charge on any atom is 0.439 e. The van der Waals surface area contributed by atoms with Crippen molar-refractivity contribution in [3.05, 3.63) is 40.0 Å². The quantitative estimate of drug-likeness (QED) is 0.324. The molecule has 0 amide bonds. The predicted molar refractivity (Wildman–Crippen MR) is 58.5 cm³/mol. The van der Waals surface area contributed by atoms with Crippen LogP contribution < -0.4 is 5.11 Å². The second-order valence-corrected chi connectivity index (χ2v) is 5.02. The van der Waals surface area contributed by atoms with Crippen LogP contribution in [0.5, 0.6) is 0 Å². The Morgan fingerprint density at radius 1 is 0.704 bits per heavy atom. The van der Waals surface area contributed by atoms with Gasteiger partial charge in [-0.2, -0.15) is 26.3 Å². The molecule has 148 valence electrons. The fourth-order valence-electron chi connectivity index (χ4n) is 2.21. The minimum atomic E-state index is -7.04. The van der Waals surface area contributed by atoms with Gasteiger partial charge in [-0.25, -0.2) is 22.0 Å². The van der Waals surface area contributed by atoms with Crippen LogP contribution in [-0.4, -0.2) is 29.6 Å². The van der Waals surface area contributed by atoms with Gasteiger partial charge in [0, 0.05) is 5.56 Å². The van der Waals surface area contributed by atoms with Crippen molar-refractivity contribution in [3.8, 4) is 0 Å². The number of halogens is 11. The molecule has 0 fully saturated rings. The van der Waals surface area contributed by atoms with E-state index in [1.807, 2.05) is 0 Å². The van der Waals surface area contributed by atoms with Crippen molar-refractivity contribution in [1.82, 2.24) is 0 Å². The summed E-state index contributed by atoms with van der Waals surface area (Å²) in [5.74, 6) is -19.9. The van der Waals surface area contributed by atoms with Crippen molar-refractivity contribution < 1.29 is 63.0 Å². The first-order valence-corrected chi connectivity index (χ1v) is 6.19. The maximum absolute atomic E-state index is 13.7. The van der Waals surface area contributed by atoms with Crippen molar-refractivity contribution in [1.29, 1.82) is 0 Å². The predicted octanol–water partition coefficient (Wildman–Crippen LogP) is 2.91. The third-order valence-electron chi connectivity index (χ3n) is 3.50. The van der Waals surface area contributed by atoms with Gasteiger partial charge < -0.3 is 5.11 Å². The first kappa shape index (κ1) is 20.6. The molecule has 0 N–H and O–H groups in total. The molecule has 0 unspecified atom stereocenters. The van der Waals surface area contributed by atoms with E-state index in [9.17, 15) is 63.0 Å². The Morgan fingerprint density at radius 2 is 1.07 bits per heavy atom. The van der Waals surface area contributed by atoms with Crippen molar-refractivity contribution in [2.75, 3.05) is 0 Å². The van der Waals surface area contributed by atoms with E-state index in [0.717, 1.165) is 0 Å². The smallest absolute Gasteiger partial charge is 0.439 e. The molecule has 0 radical (unpaired) electrons. The van der Waals surface area contributed by atoms with Gasteiger partial charge in [-0.15, -0.1) is 0 Å². The maximum atomic E-state index is 13.7. The number of Topliss-reactive ketones (excluding diaryl/α,β-unsaturated/α-hetero) is 2. The summed E-state index contributed by atoms with van der Waals surface area (Å²) in [6.45, 7) is 0. The number of carbonyl (C=O) groups is 2. The zero-order valence-electron chi connectivity index (χ0n) is 11.9. The molecular formula is C13F11O3-. The SMILES string of the molecule is O=C1C(C(=O)C(F)(C(F)(F)F)C(F)(F)F)=C([O-])c2c(F)c(F)c(F)c(F)c21. The van der Waals surface area contributed by atoms with E-state index in [4.69, 9.17) is 0 Å². The summed E-state index contributed by atoms with van der Waals surface area (Å²) in [4.78, 5) is 23.2. The lowest BCUT2D eigenvalue weighted by atomic mass is 9.91. The molecule has 0 aliphatic heterocycles. The van der Waals surface area contributed by atoms with Crippen LogP contribution >= 0.6 is 0 Å². The molecule has 0 bridgehead atoms. The Kier molecular flexibility index (Phi) is 4.33. The van der Waals surface area contributed by atoms with E-state index < -0.39 is 75.3 Å². The van der Waals surface area contributed by atoms with Gasteiger partial charge in [0.15, 0.2) is 29.1 Å². The van der Waals surface area contributed by atoms with Crippen LogP contribution in [0.15, 0.2) is 5.57 Å². The largest absolute Gasteiger partial charge is 0.871 e. The van der Waals surface area contributed by atoms with Crippen LogP contribution in [-0.2, 0) is 4.79 Å². The summed E-state index contributed by atoms with van der Waals surface area (Å²) in [7, 11) is 0. The van der Waals surface area contributed by atoms with Crippen molar-refractivity contribution in [2.45, 2.75) is 18.0 Å². The number of hydrogen-bond donors (Lipinski definition) is 0. The molecule has 14 heteroatoms. The fraction of sp³-hybridized carbons (Fsp3) is 0.231. The lowest BCUT2D eigenvalue weighted by molar-refractivity contribution is -0.324. The molecule has 1 aliphatic carbocycles. The van der Waals surface area contributed by atoms with Gasteiger partial charge in [0.25, 0.3) is 0 Å². The van der Waals surface area contributed by atoms with Crippen LogP contribution in [0, 0.1) is 23.3 Å². The monoisotopic (exact) mass is 413 g/mol. The highest BCUT2D eigenvalue weighted by atomic mass is 19.4. The second-order valence-electron chi connectivity index (χ2n) is 5.02. The van der Waals surface area contributed by atoms with E-state index in [1.54, 1.807) is 0 Å². The molecule has 0 saturated carbocycles. The zero-order chi connectivity index (χ0) is 21.3. The summed E-state index contributed by atoms with van der Waals surface area (Å²) < 4.78 is 142. The lowest BCUT2D eigenvalue weighted by Gasteiger charge is -2.29. The van der Waals surface area contributed by atoms with Crippen molar-refractivity contribution in [2.24, 2.45) is 0 Å². The Balaban J connectivity index is 2.83. The summed E-state index contributed by atoms with van der Waals surface area (Å²) in [5, 5.41) is 11.7. The number of allylic oxidation sites excluding steroid dienone is 1. The molecule has 0 saturated heterocycles. The zero-order valence-corrected chi connectivity index (χ0v) is 11.9. The Hall–Kier alpha value is -2.67. The molecule has 3 nitrogen and oxygen atoms in total. The molecule has 1 aromatic carbocycles. The van der Waals surface area contributed by atoms with E-state index in [2.05, 4.69) is 0 Å². The molecular weight excluding hydrogens is 413 g/mol. The van der Waals surface area contributed by atoms with Gasteiger partial charge >= 0.3 is 18.0 Å². The minimum absolute atomic E-state index is 2.13. The first-order chi connectivity index (χ1) is 12.0. The van der Waals surface area contributed by atoms with Crippen LogP contribution in [0.4, 0.5) is 48.3 Å². The molecule has 0 atom stereocenters. The Labute approximate surface area is 139 Å². The highest BCUT2D eigenvalue weighted by molar-refractivity contribution is 6.36. The number of alkyl halides is 7. The highest BCUT2D eigenvalue weighted by Gasteiger charge is 2.78. The van der Waals surface area contributed by atoms with Gasteiger partial charge in [0.05, 0.1) is 11.1 Å². The number of fused-ring (bicyclic) bond motifs is 1. The van der Waals surface area contributed by atoms with E-state index in [0.29, 0.717) is 0 Å². The third-order valence-corrected chi connectivity index (χ3v) is 3.50. The first-order valence-electron chi connectivity index (χ1n) is 6.19. The van der Waals surface area contributed by atoms with Crippen molar-refractivity contribution in [3.63, 3.8) is 0 Å². The third kappa shape index (κ3) is 2.49. The van der Waals surface area contributed by atoms with Gasteiger partial charge in [0.2, 0.25) is 5.78 Å². The van der Waals surface area contributed by atoms with E-state index in [-0.39, 0.29) is 0 Å². The van der Waals surface area contributed by atoms with Gasteiger partial charge in [-0.1, -0.05) is 5.76 Å². The summed E-state index contributed by atoms with van der Waals surface area (Å²) in [6, 6.07) is 0. The Bertz CT molecular complexity index is 894. The average Bonchev–Trinajstić information content (AvgIpc) is 2.78. The molecule has 2 rings (SSSR count). The Morgan fingerprint density at radius 3 is 1.44 bits per heavy atom. The topological polar surface area (TPSA) is 57.2 Å². The minimum Gasteiger partial charge on any atom is -0.871 e. The standard InChI is InChI=1S/C13HF11O3/c14-4-1-2(5(15)7(17)6(4)16)9(26)3(8(1)25)10(27)11(18,12(19,20)21)13(22,23)24/h25H/p-1. The van der Waals surface area contributed by atoms with E-state index >= 15 is 0 Å². The number of carbonyl (C=O) groups excluding carboxylic acids is 2. The van der Waals surface area contributed by atoms with Crippen LogP contribution in [0.25, 0.3) is 5.76 Å². The number of hydrogen-bond acceptors (Lipinski definition) is 3.